The number of carbonyl (C=O) groups excluding carboxylic acids is 1. The number of ether oxygens (including phenoxy) is 1. The Hall–Kier alpha value is -1.65. The molecule has 0 spiro atoms. The van der Waals surface area contributed by atoms with E-state index in [1.54, 1.807) is 0 Å². The maximum atomic E-state index is 11.1. The number of carbonyl (C=O) groups is 1. The van der Waals surface area contributed by atoms with Gasteiger partial charge in [-0.05, 0) is 5.92 Å². The first-order chi connectivity index (χ1) is 6.68. The van der Waals surface area contributed by atoms with Crippen molar-refractivity contribution in [3.63, 3.8) is 0 Å². The third-order valence-electron chi connectivity index (χ3n) is 1.34. The Balaban J connectivity index is 2.35. The second-order valence-electron chi connectivity index (χ2n) is 3.21. The quantitative estimate of drug-likeness (QED) is 0.796. The van der Waals surface area contributed by atoms with Crippen LogP contribution < -0.4 is 5.32 Å². The lowest BCUT2D eigenvalue weighted by Crippen LogP contribution is -2.17. The van der Waals surface area contributed by atoms with Gasteiger partial charge in [0.1, 0.15) is 0 Å². The lowest BCUT2D eigenvalue weighted by molar-refractivity contribution is 0.147. The molecule has 0 unspecified atom stereocenters. The Bertz CT molecular complexity index is 287. The monoisotopic (exact) mass is 195 g/mol. The van der Waals surface area contributed by atoms with Crippen molar-refractivity contribution >= 4 is 11.9 Å². The Labute approximate surface area is 82.5 Å². The van der Waals surface area contributed by atoms with Gasteiger partial charge in [0.05, 0.1) is 12.8 Å². The summed E-state index contributed by atoms with van der Waals surface area (Å²) in [6.07, 6.45) is 3.98. The number of hydrogen-bond donors (Lipinski definition) is 1. The highest BCUT2D eigenvalue weighted by Crippen LogP contribution is 1.99. The van der Waals surface area contributed by atoms with Crippen LogP contribution in [0.15, 0.2) is 18.6 Å². The van der Waals surface area contributed by atoms with Gasteiger partial charge in [-0.3, -0.25) is 10.3 Å². The predicted octanol–water partition coefficient (Wildman–Crippen LogP) is 1.68. The predicted molar refractivity (Wildman–Crippen MR) is 51.8 cm³/mol. The fraction of sp³-hybridized carbons (Fsp3) is 0.444. The third kappa shape index (κ3) is 3.84. The Morgan fingerprint density at radius 1 is 1.57 bits per heavy atom. The van der Waals surface area contributed by atoms with E-state index in [4.69, 9.17) is 4.74 Å². The van der Waals surface area contributed by atoms with E-state index in [2.05, 4.69) is 15.3 Å². The van der Waals surface area contributed by atoms with Gasteiger partial charge in [-0.2, -0.15) is 0 Å². The lowest BCUT2D eigenvalue weighted by Gasteiger charge is -2.07. The molecular formula is C9H13N3O2. The molecule has 0 saturated carbocycles. The second-order valence-corrected chi connectivity index (χ2v) is 3.21. The van der Waals surface area contributed by atoms with Crippen LogP contribution in [0.3, 0.4) is 0 Å². The zero-order chi connectivity index (χ0) is 10.4. The molecule has 0 fully saturated rings. The Kier molecular flexibility index (Phi) is 3.84. The summed E-state index contributed by atoms with van der Waals surface area (Å²) in [6, 6.07) is 0. The first-order valence-electron chi connectivity index (χ1n) is 4.38. The van der Waals surface area contributed by atoms with Gasteiger partial charge < -0.3 is 4.74 Å². The number of aromatic nitrogens is 2. The van der Waals surface area contributed by atoms with Crippen LogP contribution in [0.2, 0.25) is 0 Å². The van der Waals surface area contributed by atoms with Crippen molar-refractivity contribution in [3.8, 4) is 0 Å². The van der Waals surface area contributed by atoms with E-state index in [9.17, 15) is 4.79 Å². The molecule has 76 valence electrons. The minimum Gasteiger partial charge on any atom is -0.449 e. The molecule has 1 amide bonds. The number of hydrogen-bond acceptors (Lipinski definition) is 4. The number of nitrogens with zero attached hydrogens (tertiary/aromatic N) is 2. The average molecular weight is 195 g/mol. The molecule has 0 aromatic carbocycles. The van der Waals surface area contributed by atoms with E-state index < -0.39 is 6.09 Å². The summed E-state index contributed by atoms with van der Waals surface area (Å²) in [6.45, 7) is 4.33. The lowest BCUT2D eigenvalue weighted by atomic mass is 10.2. The van der Waals surface area contributed by atoms with Gasteiger partial charge in [-0.1, -0.05) is 13.8 Å². The van der Waals surface area contributed by atoms with E-state index in [1.807, 2.05) is 13.8 Å². The first kappa shape index (κ1) is 10.4. The van der Waals surface area contributed by atoms with Crippen LogP contribution in [0.4, 0.5) is 10.6 Å². The summed E-state index contributed by atoms with van der Waals surface area (Å²) in [5, 5.41) is 2.46. The van der Waals surface area contributed by atoms with Crippen molar-refractivity contribution < 1.29 is 9.53 Å². The molecule has 1 heterocycles. The largest absolute Gasteiger partial charge is 0.449 e. The molecule has 1 aromatic rings. The molecule has 5 heteroatoms. The molecule has 1 aromatic heterocycles. The fourth-order valence-electron chi connectivity index (χ4n) is 0.747. The number of nitrogens with one attached hydrogen (secondary N) is 1. The highest BCUT2D eigenvalue weighted by molar-refractivity contribution is 5.82. The maximum Gasteiger partial charge on any atom is 0.412 e. The Morgan fingerprint density at radius 2 is 2.36 bits per heavy atom. The molecule has 0 bridgehead atoms. The molecule has 0 radical (unpaired) electrons. The van der Waals surface area contributed by atoms with Crippen LogP contribution in [0.25, 0.3) is 0 Å². The Morgan fingerprint density at radius 3 is 2.93 bits per heavy atom. The van der Waals surface area contributed by atoms with E-state index in [1.165, 1.54) is 18.6 Å². The van der Waals surface area contributed by atoms with Crippen molar-refractivity contribution in [3.05, 3.63) is 18.6 Å². The van der Waals surface area contributed by atoms with E-state index in [-0.39, 0.29) is 0 Å². The number of anilines is 1. The summed E-state index contributed by atoms with van der Waals surface area (Å²) in [5.41, 5.74) is 0. The molecule has 0 aliphatic heterocycles. The molecule has 0 saturated heterocycles. The standard InChI is InChI=1S/C9H13N3O2/c1-7(2)6-14-9(13)12-8-5-10-3-4-11-8/h3-5,7H,6H2,1-2H3,(H,11,12,13). The summed E-state index contributed by atoms with van der Waals surface area (Å²) in [5.74, 6) is 0.712. The molecule has 0 atom stereocenters. The maximum absolute atomic E-state index is 11.1. The summed E-state index contributed by atoms with van der Waals surface area (Å²) >= 11 is 0. The topological polar surface area (TPSA) is 64.1 Å². The SMILES string of the molecule is CC(C)COC(=O)Nc1cnccn1. The summed E-state index contributed by atoms with van der Waals surface area (Å²) in [7, 11) is 0. The normalized spacial score (nSPS) is 9.93. The van der Waals surface area contributed by atoms with E-state index in [0.717, 1.165) is 0 Å². The molecule has 0 aliphatic carbocycles. The van der Waals surface area contributed by atoms with Crippen LogP contribution in [-0.2, 0) is 4.74 Å². The van der Waals surface area contributed by atoms with Crippen molar-refractivity contribution in [2.24, 2.45) is 5.92 Å². The van der Waals surface area contributed by atoms with Crippen LogP contribution in [0.1, 0.15) is 13.8 Å². The van der Waals surface area contributed by atoms with E-state index in [0.29, 0.717) is 18.3 Å². The van der Waals surface area contributed by atoms with Gasteiger partial charge in [0, 0.05) is 12.4 Å². The number of amides is 1. The molecule has 0 aliphatic rings. The van der Waals surface area contributed by atoms with Gasteiger partial charge in [0.2, 0.25) is 0 Å². The van der Waals surface area contributed by atoms with E-state index >= 15 is 0 Å². The number of rotatable bonds is 3. The van der Waals surface area contributed by atoms with Gasteiger partial charge >= 0.3 is 6.09 Å². The summed E-state index contributed by atoms with van der Waals surface area (Å²) in [4.78, 5) is 18.8. The average Bonchev–Trinajstić information content (AvgIpc) is 2.16. The smallest absolute Gasteiger partial charge is 0.412 e. The zero-order valence-electron chi connectivity index (χ0n) is 8.23. The molecule has 1 N–H and O–H groups in total. The van der Waals surface area contributed by atoms with Crippen LogP contribution in [0, 0.1) is 5.92 Å². The van der Waals surface area contributed by atoms with Crippen molar-refractivity contribution in [2.45, 2.75) is 13.8 Å². The molecular weight excluding hydrogens is 182 g/mol. The fourth-order valence-corrected chi connectivity index (χ4v) is 0.747. The van der Waals surface area contributed by atoms with Crippen molar-refractivity contribution in [1.29, 1.82) is 0 Å². The van der Waals surface area contributed by atoms with Crippen LogP contribution >= 0.6 is 0 Å². The minimum absolute atomic E-state index is 0.322. The zero-order valence-corrected chi connectivity index (χ0v) is 8.23. The van der Waals surface area contributed by atoms with Gasteiger partial charge in [0.15, 0.2) is 5.82 Å². The minimum atomic E-state index is -0.501. The van der Waals surface area contributed by atoms with Gasteiger partial charge in [0.25, 0.3) is 0 Å². The molecule has 5 nitrogen and oxygen atoms in total. The third-order valence-corrected chi connectivity index (χ3v) is 1.34. The van der Waals surface area contributed by atoms with Gasteiger partial charge in [-0.15, -0.1) is 0 Å². The van der Waals surface area contributed by atoms with Crippen molar-refractivity contribution in [1.82, 2.24) is 9.97 Å². The van der Waals surface area contributed by atoms with Crippen LogP contribution in [-0.4, -0.2) is 22.7 Å². The second kappa shape index (κ2) is 5.16. The molecule has 1 rings (SSSR count). The first-order valence-corrected chi connectivity index (χ1v) is 4.38. The van der Waals surface area contributed by atoms with Crippen LogP contribution in [0.5, 0.6) is 0 Å². The highest BCUT2D eigenvalue weighted by Gasteiger charge is 2.04. The summed E-state index contributed by atoms with van der Waals surface area (Å²) < 4.78 is 4.89. The highest BCUT2D eigenvalue weighted by atomic mass is 16.5. The van der Waals surface area contributed by atoms with Crippen molar-refractivity contribution in [2.75, 3.05) is 11.9 Å². The molecule has 14 heavy (non-hydrogen) atoms. The van der Waals surface area contributed by atoms with Gasteiger partial charge in [-0.25, -0.2) is 9.78 Å².